The average molecular weight is 306 g/mol. The van der Waals surface area contributed by atoms with Gasteiger partial charge in [-0.2, -0.15) is 0 Å². The van der Waals surface area contributed by atoms with E-state index in [1.165, 1.54) is 24.3 Å². The van der Waals surface area contributed by atoms with E-state index in [2.05, 4.69) is 0 Å². The number of hydrogen-bond donors (Lipinski definition) is 1. The summed E-state index contributed by atoms with van der Waals surface area (Å²) >= 11 is 0. The van der Waals surface area contributed by atoms with Crippen molar-refractivity contribution in [3.8, 4) is 11.5 Å². The number of sulfone groups is 1. The van der Waals surface area contributed by atoms with E-state index in [1.54, 1.807) is 18.2 Å². The molecule has 0 saturated heterocycles. The topological polar surface area (TPSA) is 63.6 Å². The van der Waals surface area contributed by atoms with Gasteiger partial charge in [-0.15, -0.1) is 0 Å². The van der Waals surface area contributed by atoms with Crippen molar-refractivity contribution in [3.05, 3.63) is 59.3 Å². The molecule has 1 aliphatic rings. The molecule has 108 valence electrons. The molecule has 3 rings (SSSR count). The Bertz CT molecular complexity index is 841. The fraction of sp³-hybridized carbons (Fsp3) is 0.0667. The van der Waals surface area contributed by atoms with E-state index in [0.717, 1.165) is 5.41 Å². The van der Waals surface area contributed by atoms with Crippen molar-refractivity contribution in [2.24, 2.45) is 0 Å². The Balaban J connectivity index is 1.94. The molecule has 0 aromatic heterocycles. The minimum absolute atomic E-state index is 0.0351. The van der Waals surface area contributed by atoms with Crippen LogP contribution in [0.4, 0.5) is 4.39 Å². The molecule has 0 spiro atoms. The number of fused-ring (bicyclic) bond motifs is 1. The minimum Gasteiger partial charge on any atom is -0.504 e. The van der Waals surface area contributed by atoms with Gasteiger partial charge in [0, 0.05) is 16.5 Å². The normalized spacial score (nSPS) is 15.4. The standard InChI is InChI=1S/C15H11FO4S/c16-11-4-3-7-14-15(11)10(9-21(14,18)19)8-20-13-6-2-1-5-12(13)17/h1-7,9,17H,8H2. The number of hydrogen-bond acceptors (Lipinski definition) is 4. The molecule has 0 aliphatic carbocycles. The van der Waals surface area contributed by atoms with Crippen molar-refractivity contribution in [1.29, 1.82) is 0 Å². The van der Waals surface area contributed by atoms with E-state index in [0.29, 0.717) is 0 Å². The summed E-state index contributed by atoms with van der Waals surface area (Å²) in [7, 11) is -3.64. The maximum absolute atomic E-state index is 13.9. The number of rotatable bonds is 3. The van der Waals surface area contributed by atoms with E-state index >= 15 is 0 Å². The molecular formula is C15H11FO4S. The van der Waals surface area contributed by atoms with E-state index in [-0.39, 0.29) is 34.1 Å². The van der Waals surface area contributed by atoms with Gasteiger partial charge in [0.05, 0.1) is 4.90 Å². The van der Waals surface area contributed by atoms with E-state index in [1.807, 2.05) is 0 Å². The lowest BCUT2D eigenvalue weighted by Crippen LogP contribution is -2.01. The van der Waals surface area contributed by atoms with Crippen LogP contribution in [0.3, 0.4) is 0 Å². The zero-order valence-corrected chi connectivity index (χ0v) is 11.6. The molecule has 1 heterocycles. The monoisotopic (exact) mass is 306 g/mol. The van der Waals surface area contributed by atoms with Crippen LogP contribution in [0.25, 0.3) is 5.57 Å². The molecule has 21 heavy (non-hydrogen) atoms. The Hall–Kier alpha value is -2.34. The van der Waals surface area contributed by atoms with Crippen LogP contribution in [-0.2, 0) is 9.84 Å². The van der Waals surface area contributed by atoms with Crippen LogP contribution < -0.4 is 4.74 Å². The average Bonchev–Trinajstić information content (AvgIpc) is 2.71. The van der Waals surface area contributed by atoms with Crippen LogP contribution in [0.2, 0.25) is 0 Å². The minimum atomic E-state index is -3.64. The molecular weight excluding hydrogens is 295 g/mol. The van der Waals surface area contributed by atoms with Crippen molar-refractivity contribution in [2.75, 3.05) is 6.61 Å². The SMILES string of the molecule is O=S1(=O)C=C(COc2ccccc2O)c2c(F)cccc21. The number of halogens is 1. The van der Waals surface area contributed by atoms with E-state index in [9.17, 15) is 17.9 Å². The van der Waals surface area contributed by atoms with Crippen LogP contribution in [0.1, 0.15) is 5.56 Å². The molecule has 6 heteroatoms. The Morgan fingerprint density at radius 3 is 2.62 bits per heavy atom. The van der Waals surface area contributed by atoms with Crippen LogP contribution in [0.5, 0.6) is 11.5 Å². The zero-order chi connectivity index (χ0) is 15.0. The fourth-order valence-corrected chi connectivity index (χ4v) is 3.67. The van der Waals surface area contributed by atoms with Gasteiger partial charge in [0.25, 0.3) is 0 Å². The summed E-state index contributed by atoms with van der Waals surface area (Å²) in [6.07, 6.45) is 0. The Labute approximate surface area is 121 Å². The van der Waals surface area contributed by atoms with Gasteiger partial charge in [-0.25, -0.2) is 12.8 Å². The van der Waals surface area contributed by atoms with Crippen molar-refractivity contribution in [2.45, 2.75) is 4.90 Å². The lowest BCUT2D eigenvalue weighted by atomic mass is 10.1. The summed E-state index contributed by atoms with van der Waals surface area (Å²) in [5.41, 5.74) is 0.263. The molecule has 0 unspecified atom stereocenters. The molecule has 0 amide bonds. The second-order valence-electron chi connectivity index (χ2n) is 4.56. The van der Waals surface area contributed by atoms with Gasteiger partial charge in [-0.05, 0) is 24.3 Å². The third-order valence-corrected chi connectivity index (χ3v) is 4.70. The summed E-state index contributed by atoms with van der Waals surface area (Å²) in [6, 6.07) is 10.2. The third-order valence-electron chi connectivity index (χ3n) is 3.15. The smallest absolute Gasteiger partial charge is 0.200 e. The molecule has 0 saturated carbocycles. The van der Waals surface area contributed by atoms with Crippen molar-refractivity contribution in [3.63, 3.8) is 0 Å². The maximum atomic E-state index is 13.9. The lowest BCUT2D eigenvalue weighted by Gasteiger charge is -2.09. The maximum Gasteiger partial charge on any atom is 0.200 e. The first-order valence-corrected chi connectivity index (χ1v) is 7.69. The van der Waals surface area contributed by atoms with Gasteiger partial charge in [0.1, 0.15) is 12.4 Å². The quantitative estimate of drug-likeness (QED) is 0.947. The second kappa shape index (κ2) is 4.89. The van der Waals surface area contributed by atoms with E-state index < -0.39 is 15.7 Å². The number of benzene rings is 2. The van der Waals surface area contributed by atoms with Crippen molar-refractivity contribution < 1.29 is 22.7 Å². The first-order valence-electron chi connectivity index (χ1n) is 6.14. The molecule has 1 N–H and O–H groups in total. The molecule has 4 nitrogen and oxygen atoms in total. The Kier molecular flexibility index (Phi) is 3.17. The van der Waals surface area contributed by atoms with Gasteiger partial charge in [0.2, 0.25) is 9.84 Å². The van der Waals surface area contributed by atoms with Crippen LogP contribution in [-0.4, -0.2) is 20.1 Å². The number of aromatic hydroxyl groups is 1. The summed E-state index contributed by atoms with van der Waals surface area (Å²) in [6.45, 7) is -0.148. The molecule has 0 radical (unpaired) electrons. The van der Waals surface area contributed by atoms with Crippen LogP contribution >= 0.6 is 0 Å². The first kappa shape index (κ1) is 13.6. The Morgan fingerprint density at radius 2 is 1.86 bits per heavy atom. The highest BCUT2D eigenvalue weighted by atomic mass is 32.2. The third kappa shape index (κ3) is 2.38. The molecule has 0 fully saturated rings. The van der Waals surface area contributed by atoms with E-state index in [4.69, 9.17) is 4.74 Å². The summed E-state index contributed by atoms with van der Waals surface area (Å²) in [5.74, 6) is -0.464. The van der Waals surface area contributed by atoms with Crippen LogP contribution in [0, 0.1) is 5.82 Å². The number of phenolic OH excluding ortho intramolecular Hbond substituents is 1. The largest absolute Gasteiger partial charge is 0.504 e. The summed E-state index contributed by atoms with van der Waals surface area (Å²) in [5, 5.41) is 10.6. The molecule has 2 aromatic rings. The predicted octanol–water partition coefficient (Wildman–Crippen LogP) is 2.74. The number of phenols is 1. The molecule has 2 aromatic carbocycles. The second-order valence-corrected chi connectivity index (χ2v) is 6.32. The first-order chi connectivity index (χ1) is 9.99. The fourth-order valence-electron chi connectivity index (χ4n) is 2.20. The highest BCUT2D eigenvalue weighted by Crippen LogP contribution is 2.36. The Morgan fingerprint density at radius 1 is 1.10 bits per heavy atom. The number of ether oxygens (including phenoxy) is 1. The summed E-state index contributed by atoms with van der Waals surface area (Å²) < 4.78 is 43.1. The van der Waals surface area contributed by atoms with Gasteiger partial charge >= 0.3 is 0 Å². The molecule has 1 aliphatic heterocycles. The lowest BCUT2D eigenvalue weighted by molar-refractivity contribution is 0.341. The summed E-state index contributed by atoms with van der Waals surface area (Å²) in [4.78, 5) is -0.0571. The molecule has 0 atom stereocenters. The van der Waals surface area contributed by atoms with Gasteiger partial charge in [-0.3, -0.25) is 0 Å². The van der Waals surface area contributed by atoms with Gasteiger partial charge < -0.3 is 9.84 Å². The number of para-hydroxylation sites is 2. The zero-order valence-electron chi connectivity index (χ0n) is 10.8. The highest BCUT2D eigenvalue weighted by Gasteiger charge is 2.29. The predicted molar refractivity (Wildman–Crippen MR) is 75.2 cm³/mol. The molecule has 0 bridgehead atoms. The van der Waals surface area contributed by atoms with Crippen molar-refractivity contribution >= 4 is 15.4 Å². The van der Waals surface area contributed by atoms with Gasteiger partial charge in [0.15, 0.2) is 11.5 Å². The van der Waals surface area contributed by atoms with Gasteiger partial charge in [-0.1, -0.05) is 18.2 Å². The van der Waals surface area contributed by atoms with Crippen molar-refractivity contribution in [1.82, 2.24) is 0 Å². The van der Waals surface area contributed by atoms with Crippen LogP contribution in [0.15, 0.2) is 52.8 Å². The highest BCUT2D eigenvalue weighted by molar-refractivity contribution is 7.95.